The normalized spacial score (nSPS) is 50.4. The smallest absolute Gasteiger partial charge is 0.303 e. The van der Waals surface area contributed by atoms with E-state index in [1.807, 2.05) is 0 Å². The van der Waals surface area contributed by atoms with E-state index >= 15 is 0 Å². The molecule has 0 spiro atoms. The molecule has 4 aliphatic rings. The standard InChI is InChI=1S/C24H38O5/c1-13(4-7-21(28)29)16-5-6-17-22-18(12-20(27)24(16,17)3)23(2)9-8-15(25)10-14(23)11-19(22)26/h13-19,22,25-26H,4-12H2,1-3H3,(H,28,29)/t13-,14?,15-,16-,17?,18?,19-,22?,23+,24-/m1/s1. The summed E-state index contributed by atoms with van der Waals surface area (Å²) in [5.74, 6) is 0.855. The minimum absolute atomic E-state index is 0.0348. The molecule has 3 N–H and O–H groups in total. The molecule has 5 nitrogen and oxygen atoms in total. The van der Waals surface area contributed by atoms with Crippen molar-refractivity contribution in [3.63, 3.8) is 0 Å². The summed E-state index contributed by atoms with van der Waals surface area (Å²) < 4.78 is 0. The Balaban J connectivity index is 1.62. The number of carbonyl (C=O) groups excluding carboxylic acids is 1. The molecule has 4 saturated carbocycles. The van der Waals surface area contributed by atoms with Crippen molar-refractivity contribution in [1.29, 1.82) is 0 Å². The van der Waals surface area contributed by atoms with Crippen LogP contribution >= 0.6 is 0 Å². The lowest BCUT2D eigenvalue weighted by atomic mass is 9.43. The monoisotopic (exact) mass is 406 g/mol. The summed E-state index contributed by atoms with van der Waals surface area (Å²) in [6.07, 6.45) is 5.82. The molecule has 0 heterocycles. The number of aliphatic hydroxyl groups excluding tert-OH is 2. The van der Waals surface area contributed by atoms with Gasteiger partial charge in [-0.15, -0.1) is 0 Å². The maximum Gasteiger partial charge on any atom is 0.303 e. The van der Waals surface area contributed by atoms with Gasteiger partial charge in [-0.3, -0.25) is 9.59 Å². The summed E-state index contributed by atoms with van der Waals surface area (Å²) in [6, 6.07) is 0. The van der Waals surface area contributed by atoms with Crippen LogP contribution in [0.1, 0.15) is 78.6 Å². The van der Waals surface area contributed by atoms with Crippen molar-refractivity contribution < 1.29 is 24.9 Å². The Morgan fingerprint density at radius 2 is 1.86 bits per heavy atom. The number of Topliss-reactive ketones (excluding diaryl/α,β-unsaturated/α-hetero) is 1. The van der Waals surface area contributed by atoms with E-state index in [9.17, 15) is 19.8 Å². The number of hydrogen-bond donors (Lipinski definition) is 3. The Morgan fingerprint density at radius 3 is 2.55 bits per heavy atom. The summed E-state index contributed by atoms with van der Waals surface area (Å²) >= 11 is 0. The molecule has 0 saturated heterocycles. The van der Waals surface area contributed by atoms with E-state index in [1.54, 1.807) is 0 Å². The van der Waals surface area contributed by atoms with Crippen molar-refractivity contribution in [2.45, 2.75) is 90.8 Å². The Labute approximate surface area is 174 Å². The van der Waals surface area contributed by atoms with Gasteiger partial charge in [-0.25, -0.2) is 0 Å². The van der Waals surface area contributed by atoms with Crippen molar-refractivity contribution in [2.24, 2.45) is 46.3 Å². The van der Waals surface area contributed by atoms with Crippen LogP contribution in [0, 0.1) is 46.3 Å². The summed E-state index contributed by atoms with van der Waals surface area (Å²) in [5.41, 5.74) is -0.398. The average molecular weight is 407 g/mol. The Bertz CT molecular complexity index is 676. The SMILES string of the molecule is C[C@H](CCC(=O)O)[C@H]1CCC2C3C(CC(=O)[C@@]21C)[C@@]1(C)CC[C@@H](O)CC1C[C@H]3O. The number of hydrogen-bond acceptors (Lipinski definition) is 4. The van der Waals surface area contributed by atoms with Gasteiger partial charge in [0, 0.05) is 18.3 Å². The maximum atomic E-state index is 13.6. The molecule has 4 fully saturated rings. The Morgan fingerprint density at radius 1 is 1.14 bits per heavy atom. The molecule has 4 rings (SSSR count). The van der Waals surface area contributed by atoms with Gasteiger partial charge < -0.3 is 15.3 Å². The summed E-state index contributed by atoms with van der Waals surface area (Å²) in [6.45, 7) is 6.54. The molecule has 0 radical (unpaired) electrons. The van der Waals surface area contributed by atoms with Gasteiger partial charge in [0.15, 0.2) is 0 Å². The molecule has 0 aromatic heterocycles. The fourth-order valence-electron chi connectivity index (χ4n) is 8.41. The van der Waals surface area contributed by atoms with Gasteiger partial charge in [0.05, 0.1) is 12.2 Å². The van der Waals surface area contributed by atoms with E-state index < -0.39 is 17.5 Å². The highest BCUT2D eigenvalue weighted by Crippen LogP contribution is 2.67. The highest BCUT2D eigenvalue weighted by molar-refractivity contribution is 5.87. The number of carbonyl (C=O) groups is 2. The first-order valence-electron chi connectivity index (χ1n) is 11.7. The highest BCUT2D eigenvalue weighted by Gasteiger charge is 2.65. The number of aliphatic hydroxyl groups is 2. The zero-order valence-corrected chi connectivity index (χ0v) is 18.1. The number of rotatable bonds is 4. The zero-order valence-electron chi connectivity index (χ0n) is 18.1. The first-order valence-corrected chi connectivity index (χ1v) is 11.7. The second-order valence-electron chi connectivity index (χ2n) is 11.2. The van der Waals surface area contributed by atoms with Crippen LogP contribution < -0.4 is 0 Å². The van der Waals surface area contributed by atoms with E-state index in [-0.39, 0.29) is 47.5 Å². The van der Waals surface area contributed by atoms with Crippen molar-refractivity contribution in [2.75, 3.05) is 0 Å². The van der Waals surface area contributed by atoms with Gasteiger partial charge in [-0.05, 0) is 85.9 Å². The van der Waals surface area contributed by atoms with Gasteiger partial charge in [0.25, 0.3) is 0 Å². The van der Waals surface area contributed by atoms with Gasteiger partial charge in [-0.1, -0.05) is 20.8 Å². The van der Waals surface area contributed by atoms with Gasteiger partial charge in [0.2, 0.25) is 0 Å². The maximum absolute atomic E-state index is 13.6. The van der Waals surface area contributed by atoms with E-state index in [0.717, 1.165) is 38.5 Å². The van der Waals surface area contributed by atoms with Crippen molar-refractivity contribution in [1.82, 2.24) is 0 Å². The molecule has 0 bridgehead atoms. The predicted molar refractivity (Wildman–Crippen MR) is 109 cm³/mol. The largest absolute Gasteiger partial charge is 0.481 e. The van der Waals surface area contributed by atoms with Crippen molar-refractivity contribution in [3.05, 3.63) is 0 Å². The van der Waals surface area contributed by atoms with Crippen LogP contribution in [-0.4, -0.2) is 39.3 Å². The zero-order chi connectivity index (χ0) is 21.1. The summed E-state index contributed by atoms with van der Waals surface area (Å²) in [7, 11) is 0. The van der Waals surface area contributed by atoms with Crippen LogP contribution in [0.5, 0.6) is 0 Å². The molecule has 0 aromatic rings. The fraction of sp³-hybridized carbons (Fsp3) is 0.917. The third-order valence-electron chi connectivity index (χ3n) is 10.1. The van der Waals surface area contributed by atoms with Crippen LogP contribution in [0.3, 0.4) is 0 Å². The fourth-order valence-corrected chi connectivity index (χ4v) is 8.41. The second-order valence-corrected chi connectivity index (χ2v) is 11.2. The van der Waals surface area contributed by atoms with Crippen LogP contribution in [-0.2, 0) is 9.59 Å². The summed E-state index contributed by atoms with van der Waals surface area (Å²) in [4.78, 5) is 24.7. The minimum atomic E-state index is -0.771. The molecule has 164 valence electrons. The molecule has 5 heteroatoms. The Hall–Kier alpha value is -0.940. The molecule has 0 amide bonds. The Kier molecular flexibility index (Phi) is 5.39. The number of ketones is 1. The topological polar surface area (TPSA) is 94.8 Å². The number of aliphatic carboxylic acids is 1. The molecular weight excluding hydrogens is 368 g/mol. The predicted octanol–water partition coefficient (Wildman–Crippen LogP) is 3.66. The van der Waals surface area contributed by atoms with E-state index in [0.29, 0.717) is 24.5 Å². The number of carboxylic acid groups (broad SMARTS) is 1. The lowest BCUT2D eigenvalue weighted by Gasteiger charge is -2.61. The average Bonchev–Trinajstić information content (AvgIpc) is 3.01. The van der Waals surface area contributed by atoms with E-state index in [2.05, 4.69) is 20.8 Å². The van der Waals surface area contributed by atoms with Crippen molar-refractivity contribution in [3.8, 4) is 0 Å². The quantitative estimate of drug-likeness (QED) is 0.662. The van der Waals surface area contributed by atoms with Crippen LogP contribution in [0.2, 0.25) is 0 Å². The minimum Gasteiger partial charge on any atom is -0.481 e. The molecule has 10 atom stereocenters. The first-order chi connectivity index (χ1) is 13.6. The van der Waals surface area contributed by atoms with Gasteiger partial charge in [-0.2, -0.15) is 0 Å². The first kappa shape index (κ1) is 21.3. The molecular formula is C24H38O5. The highest BCUT2D eigenvalue weighted by atomic mass is 16.4. The van der Waals surface area contributed by atoms with E-state index in [1.165, 1.54) is 0 Å². The lowest BCUT2D eigenvalue weighted by molar-refractivity contribution is -0.181. The van der Waals surface area contributed by atoms with Gasteiger partial charge in [0.1, 0.15) is 5.78 Å². The van der Waals surface area contributed by atoms with Crippen LogP contribution in [0.4, 0.5) is 0 Å². The van der Waals surface area contributed by atoms with E-state index in [4.69, 9.17) is 5.11 Å². The third kappa shape index (κ3) is 3.18. The lowest BCUT2D eigenvalue weighted by Crippen LogP contribution is -2.61. The van der Waals surface area contributed by atoms with Crippen molar-refractivity contribution >= 4 is 11.8 Å². The number of fused-ring (bicyclic) bond motifs is 5. The molecule has 29 heavy (non-hydrogen) atoms. The summed E-state index contributed by atoms with van der Waals surface area (Å²) in [5, 5.41) is 30.5. The van der Waals surface area contributed by atoms with Crippen LogP contribution in [0.15, 0.2) is 0 Å². The van der Waals surface area contributed by atoms with Gasteiger partial charge >= 0.3 is 5.97 Å². The molecule has 0 aliphatic heterocycles. The third-order valence-corrected chi connectivity index (χ3v) is 10.1. The second kappa shape index (κ2) is 7.33. The molecule has 4 unspecified atom stereocenters. The molecule has 0 aromatic carbocycles. The van der Waals surface area contributed by atoms with Crippen LogP contribution in [0.25, 0.3) is 0 Å². The number of carboxylic acids is 1. The molecule has 4 aliphatic carbocycles.